The minimum absolute atomic E-state index is 0.200. The molecule has 1 rings (SSSR count). The molecule has 52 valence electrons. The third-order valence-electron chi connectivity index (χ3n) is 1.75. The van der Waals surface area contributed by atoms with Crippen LogP contribution in [-0.4, -0.2) is 16.5 Å². The molecule has 2 heteroatoms. The van der Waals surface area contributed by atoms with Crippen LogP contribution in [0.15, 0.2) is 0 Å². The molecule has 0 spiro atoms. The molecule has 1 aliphatic carbocycles. The van der Waals surface area contributed by atoms with Crippen LogP contribution in [0, 0.1) is 0 Å². The van der Waals surface area contributed by atoms with Crippen molar-refractivity contribution in [2.45, 2.75) is 38.2 Å². The molecular weight excluding hydrogens is 116 g/mol. The highest BCUT2D eigenvalue weighted by atomic mass is 16.3. The van der Waals surface area contributed by atoms with Crippen molar-refractivity contribution in [2.24, 2.45) is 0 Å². The van der Waals surface area contributed by atoms with E-state index in [4.69, 9.17) is 0 Å². The van der Waals surface area contributed by atoms with Crippen molar-refractivity contribution in [3.8, 4) is 0 Å². The lowest BCUT2D eigenvalue weighted by atomic mass is 9.86. The highest BCUT2D eigenvalue weighted by Gasteiger charge is 2.27. The Labute approximate surface area is 54.9 Å². The molecule has 1 atom stereocenters. The standard InChI is InChI=1S/C7H12O2/c1-7(9)4-2-3-6(8)5-7/h9H,2-5H2,1H3/t7-/m1/s1. The second-order valence-electron chi connectivity index (χ2n) is 3.07. The summed E-state index contributed by atoms with van der Waals surface area (Å²) in [6, 6.07) is 0. The van der Waals surface area contributed by atoms with E-state index in [9.17, 15) is 9.90 Å². The fraction of sp³-hybridized carbons (Fsp3) is 0.857. The predicted octanol–water partition coefficient (Wildman–Crippen LogP) is 0.881. The fourth-order valence-electron chi connectivity index (χ4n) is 1.27. The van der Waals surface area contributed by atoms with Crippen LogP contribution in [0.25, 0.3) is 0 Å². The summed E-state index contributed by atoms with van der Waals surface area (Å²) in [5.41, 5.74) is -0.699. The van der Waals surface area contributed by atoms with Gasteiger partial charge in [0.15, 0.2) is 0 Å². The number of ketones is 1. The van der Waals surface area contributed by atoms with Crippen molar-refractivity contribution in [1.29, 1.82) is 0 Å². The molecule has 1 fully saturated rings. The molecule has 0 aliphatic heterocycles. The fourth-order valence-corrected chi connectivity index (χ4v) is 1.27. The molecule has 0 amide bonds. The minimum atomic E-state index is -0.699. The van der Waals surface area contributed by atoms with Gasteiger partial charge in [-0.2, -0.15) is 0 Å². The van der Waals surface area contributed by atoms with E-state index < -0.39 is 5.60 Å². The maximum atomic E-state index is 10.7. The van der Waals surface area contributed by atoms with Crippen LogP contribution >= 0.6 is 0 Å². The predicted molar refractivity (Wildman–Crippen MR) is 34.1 cm³/mol. The summed E-state index contributed by atoms with van der Waals surface area (Å²) in [4.78, 5) is 10.7. The molecule has 0 saturated heterocycles. The SMILES string of the molecule is C[C@@]1(O)CCCC(=O)C1. The van der Waals surface area contributed by atoms with E-state index in [1.54, 1.807) is 6.92 Å². The summed E-state index contributed by atoms with van der Waals surface area (Å²) in [5, 5.41) is 9.32. The Kier molecular flexibility index (Phi) is 1.58. The van der Waals surface area contributed by atoms with Crippen LogP contribution in [0.2, 0.25) is 0 Å². The molecule has 0 aromatic rings. The maximum Gasteiger partial charge on any atom is 0.135 e. The first-order chi connectivity index (χ1) is 4.10. The number of rotatable bonds is 0. The zero-order valence-electron chi connectivity index (χ0n) is 5.68. The summed E-state index contributed by atoms with van der Waals surface area (Å²) in [6.45, 7) is 1.73. The lowest BCUT2D eigenvalue weighted by Gasteiger charge is -2.26. The van der Waals surface area contributed by atoms with Crippen molar-refractivity contribution in [3.63, 3.8) is 0 Å². The van der Waals surface area contributed by atoms with Gasteiger partial charge in [-0.05, 0) is 19.8 Å². The Morgan fingerprint density at radius 3 is 2.67 bits per heavy atom. The van der Waals surface area contributed by atoms with Gasteiger partial charge in [0.1, 0.15) is 5.78 Å². The Bertz CT molecular complexity index is 127. The number of hydrogen-bond donors (Lipinski definition) is 1. The van der Waals surface area contributed by atoms with Gasteiger partial charge >= 0.3 is 0 Å². The van der Waals surface area contributed by atoms with Crippen LogP contribution in [0.3, 0.4) is 0 Å². The normalized spacial score (nSPS) is 36.9. The molecule has 1 aliphatic rings. The van der Waals surface area contributed by atoms with E-state index in [-0.39, 0.29) is 5.78 Å². The Morgan fingerprint density at radius 2 is 2.33 bits per heavy atom. The zero-order chi connectivity index (χ0) is 6.91. The van der Waals surface area contributed by atoms with Gasteiger partial charge in [0.25, 0.3) is 0 Å². The minimum Gasteiger partial charge on any atom is -0.390 e. The summed E-state index contributed by atoms with van der Waals surface area (Å²) in [5.74, 6) is 0.200. The monoisotopic (exact) mass is 128 g/mol. The van der Waals surface area contributed by atoms with Gasteiger partial charge in [-0.3, -0.25) is 4.79 Å². The lowest BCUT2D eigenvalue weighted by molar-refractivity contribution is -0.126. The maximum absolute atomic E-state index is 10.7. The van der Waals surface area contributed by atoms with E-state index >= 15 is 0 Å². The van der Waals surface area contributed by atoms with Crippen molar-refractivity contribution >= 4 is 5.78 Å². The molecule has 2 nitrogen and oxygen atoms in total. The highest BCUT2D eigenvalue weighted by Crippen LogP contribution is 2.24. The molecular formula is C7H12O2. The van der Waals surface area contributed by atoms with E-state index in [0.717, 1.165) is 12.8 Å². The van der Waals surface area contributed by atoms with E-state index in [2.05, 4.69) is 0 Å². The molecule has 1 saturated carbocycles. The quantitative estimate of drug-likeness (QED) is 0.526. The molecule has 0 heterocycles. The van der Waals surface area contributed by atoms with Gasteiger partial charge in [-0.15, -0.1) is 0 Å². The third-order valence-corrected chi connectivity index (χ3v) is 1.75. The topological polar surface area (TPSA) is 37.3 Å². The van der Waals surface area contributed by atoms with Gasteiger partial charge < -0.3 is 5.11 Å². The van der Waals surface area contributed by atoms with E-state index in [1.807, 2.05) is 0 Å². The van der Waals surface area contributed by atoms with Crippen molar-refractivity contribution in [3.05, 3.63) is 0 Å². The average molecular weight is 128 g/mol. The van der Waals surface area contributed by atoms with Crippen LogP contribution < -0.4 is 0 Å². The summed E-state index contributed by atoms with van der Waals surface area (Å²) in [6.07, 6.45) is 2.65. The first-order valence-corrected chi connectivity index (χ1v) is 3.34. The van der Waals surface area contributed by atoms with Crippen LogP contribution in [0.1, 0.15) is 32.6 Å². The van der Waals surface area contributed by atoms with Crippen LogP contribution in [0.5, 0.6) is 0 Å². The largest absolute Gasteiger partial charge is 0.390 e. The van der Waals surface area contributed by atoms with E-state index in [1.165, 1.54) is 0 Å². The highest BCUT2D eigenvalue weighted by molar-refractivity contribution is 5.80. The first kappa shape index (κ1) is 6.75. The van der Waals surface area contributed by atoms with Crippen molar-refractivity contribution in [1.82, 2.24) is 0 Å². The lowest BCUT2D eigenvalue weighted by Crippen LogP contribution is -2.31. The third kappa shape index (κ3) is 1.79. The molecule has 1 N–H and O–H groups in total. The van der Waals surface area contributed by atoms with Gasteiger partial charge in [0.2, 0.25) is 0 Å². The number of hydrogen-bond acceptors (Lipinski definition) is 2. The van der Waals surface area contributed by atoms with Gasteiger partial charge in [-0.1, -0.05) is 0 Å². The second-order valence-corrected chi connectivity index (χ2v) is 3.07. The first-order valence-electron chi connectivity index (χ1n) is 3.34. The molecule has 0 aromatic heterocycles. The van der Waals surface area contributed by atoms with Crippen molar-refractivity contribution in [2.75, 3.05) is 0 Å². The van der Waals surface area contributed by atoms with Crippen LogP contribution in [0.4, 0.5) is 0 Å². The second kappa shape index (κ2) is 2.10. The Hall–Kier alpha value is -0.370. The summed E-state index contributed by atoms with van der Waals surface area (Å²) < 4.78 is 0. The molecule has 0 bridgehead atoms. The number of carbonyl (C=O) groups is 1. The van der Waals surface area contributed by atoms with Gasteiger partial charge in [0, 0.05) is 12.8 Å². The van der Waals surface area contributed by atoms with Gasteiger partial charge in [0.05, 0.1) is 5.60 Å². The number of carbonyl (C=O) groups excluding carboxylic acids is 1. The smallest absolute Gasteiger partial charge is 0.135 e. The van der Waals surface area contributed by atoms with E-state index in [0.29, 0.717) is 12.8 Å². The molecule has 0 unspecified atom stereocenters. The van der Waals surface area contributed by atoms with Crippen molar-refractivity contribution < 1.29 is 9.90 Å². The Balaban J connectivity index is 2.51. The van der Waals surface area contributed by atoms with Crippen LogP contribution in [-0.2, 0) is 4.79 Å². The van der Waals surface area contributed by atoms with Gasteiger partial charge in [-0.25, -0.2) is 0 Å². The number of aliphatic hydroxyl groups is 1. The Morgan fingerprint density at radius 1 is 1.67 bits per heavy atom. The summed E-state index contributed by atoms with van der Waals surface area (Å²) in [7, 11) is 0. The summed E-state index contributed by atoms with van der Waals surface area (Å²) >= 11 is 0. The number of Topliss-reactive ketones (excluding diaryl/α,β-unsaturated/α-hetero) is 1. The molecule has 9 heavy (non-hydrogen) atoms. The average Bonchev–Trinajstić information content (AvgIpc) is 1.60. The zero-order valence-corrected chi connectivity index (χ0v) is 5.68. The molecule has 0 aromatic carbocycles. The molecule has 0 radical (unpaired) electrons.